The normalized spacial score (nSPS) is 11.7. The zero-order chi connectivity index (χ0) is 15.4. The Hall–Kier alpha value is -2.35. The van der Waals surface area contributed by atoms with E-state index in [4.69, 9.17) is 21.7 Å². The number of hydrogen-bond donors (Lipinski definition) is 1. The van der Waals surface area contributed by atoms with Gasteiger partial charge in [-0.25, -0.2) is 0 Å². The summed E-state index contributed by atoms with van der Waals surface area (Å²) in [6.45, 7) is 0.0947. The fourth-order valence-electron chi connectivity index (χ4n) is 1.63. The quantitative estimate of drug-likeness (QED) is 0.645. The summed E-state index contributed by atoms with van der Waals surface area (Å²) in [6.07, 6.45) is 0. The molecular weight excluding hydrogens is 296 g/mol. The number of carbonyl (C=O) groups is 2. The fraction of sp³-hybridized carbons (Fsp3) is 0.308. The topological polar surface area (TPSA) is 77.1 Å². The van der Waals surface area contributed by atoms with E-state index in [1.54, 1.807) is 25.2 Å². The van der Waals surface area contributed by atoms with Gasteiger partial charge in [-0.15, -0.1) is 0 Å². The zero-order valence-corrected chi connectivity index (χ0v) is 12.4. The van der Waals surface area contributed by atoms with Gasteiger partial charge in [0.15, 0.2) is 16.6 Å². The number of benzene rings is 1. The van der Waals surface area contributed by atoms with Gasteiger partial charge in [0.05, 0.1) is 7.11 Å². The lowest BCUT2D eigenvalue weighted by Gasteiger charge is -2.18. The summed E-state index contributed by atoms with van der Waals surface area (Å²) >= 11 is 5.05. The van der Waals surface area contributed by atoms with E-state index in [9.17, 15) is 9.59 Å². The Morgan fingerprint density at radius 3 is 2.81 bits per heavy atom. The van der Waals surface area contributed by atoms with Gasteiger partial charge in [-0.05, 0) is 30.4 Å². The minimum absolute atomic E-state index is 0.0449. The first-order chi connectivity index (χ1) is 10.0. The second kappa shape index (κ2) is 6.40. The average molecular weight is 310 g/mol. The zero-order valence-electron chi connectivity index (χ0n) is 11.5. The number of hydrogen-bond acceptors (Lipinski definition) is 6. The van der Waals surface area contributed by atoms with Crippen molar-refractivity contribution in [3.63, 3.8) is 0 Å². The standard InChI is InChI=1S/C13H14N2O5S/c1-15(6-11(16)18-2)13(21)14-12(17)8-3-4-9-10(5-8)20-7-19-9/h3-5H,6-7H2,1-2H3,(H,14,17,21). The third-order valence-electron chi connectivity index (χ3n) is 2.80. The maximum Gasteiger partial charge on any atom is 0.325 e. The van der Waals surface area contributed by atoms with E-state index in [2.05, 4.69) is 10.1 Å². The van der Waals surface area contributed by atoms with Crippen LogP contribution in [-0.2, 0) is 9.53 Å². The first kappa shape index (κ1) is 15.0. The molecule has 0 saturated carbocycles. The number of carbonyl (C=O) groups excluding carboxylic acids is 2. The number of ether oxygens (including phenoxy) is 3. The lowest BCUT2D eigenvalue weighted by Crippen LogP contribution is -2.42. The van der Waals surface area contributed by atoms with Crippen LogP contribution < -0.4 is 14.8 Å². The van der Waals surface area contributed by atoms with Crippen molar-refractivity contribution in [2.24, 2.45) is 0 Å². The minimum atomic E-state index is -0.447. The van der Waals surface area contributed by atoms with Gasteiger partial charge in [-0.2, -0.15) is 0 Å². The van der Waals surface area contributed by atoms with Gasteiger partial charge in [0, 0.05) is 12.6 Å². The van der Waals surface area contributed by atoms with E-state index < -0.39 is 11.9 Å². The van der Waals surface area contributed by atoms with Gasteiger partial charge in [0.2, 0.25) is 6.79 Å². The SMILES string of the molecule is COC(=O)CN(C)C(=S)NC(=O)c1ccc2c(c1)OCO2. The highest BCUT2D eigenvalue weighted by Crippen LogP contribution is 2.32. The van der Waals surface area contributed by atoms with E-state index >= 15 is 0 Å². The maximum absolute atomic E-state index is 12.1. The highest BCUT2D eigenvalue weighted by molar-refractivity contribution is 7.80. The Labute approximate surface area is 126 Å². The average Bonchev–Trinajstić information content (AvgIpc) is 2.94. The van der Waals surface area contributed by atoms with Crippen LogP contribution in [0.1, 0.15) is 10.4 Å². The number of likely N-dealkylation sites (N-methyl/N-ethyl adjacent to an activating group) is 1. The van der Waals surface area contributed by atoms with Crippen LogP contribution in [0.2, 0.25) is 0 Å². The number of fused-ring (bicyclic) bond motifs is 1. The molecule has 1 amide bonds. The summed E-state index contributed by atoms with van der Waals surface area (Å²) in [7, 11) is 2.86. The molecule has 21 heavy (non-hydrogen) atoms. The third kappa shape index (κ3) is 3.60. The van der Waals surface area contributed by atoms with Crippen LogP contribution in [0.4, 0.5) is 0 Å². The molecule has 1 aliphatic rings. The van der Waals surface area contributed by atoms with Crippen molar-refractivity contribution in [1.29, 1.82) is 0 Å². The number of esters is 1. The van der Waals surface area contributed by atoms with Crippen molar-refractivity contribution < 1.29 is 23.8 Å². The maximum atomic E-state index is 12.1. The van der Waals surface area contributed by atoms with Gasteiger partial charge in [0.1, 0.15) is 6.54 Å². The summed E-state index contributed by atoms with van der Waals surface area (Å²) in [6, 6.07) is 4.82. The molecule has 7 nitrogen and oxygen atoms in total. The lowest BCUT2D eigenvalue weighted by atomic mass is 10.2. The molecule has 1 aliphatic heterocycles. The number of thiocarbonyl (C=S) groups is 1. The highest BCUT2D eigenvalue weighted by atomic mass is 32.1. The second-order valence-electron chi connectivity index (χ2n) is 4.26. The molecule has 0 aromatic heterocycles. The number of methoxy groups -OCH3 is 1. The summed E-state index contributed by atoms with van der Waals surface area (Å²) in [5, 5.41) is 2.66. The number of rotatable bonds is 3. The smallest absolute Gasteiger partial charge is 0.325 e. The lowest BCUT2D eigenvalue weighted by molar-refractivity contribution is -0.140. The van der Waals surface area contributed by atoms with Crippen LogP contribution in [0.3, 0.4) is 0 Å². The number of nitrogens with one attached hydrogen (secondary N) is 1. The summed E-state index contributed by atoms with van der Waals surface area (Å²) in [5.41, 5.74) is 0.382. The van der Waals surface area contributed by atoms with Gasteiger partial charge in [-0.3, -0.25) is 14.9 Å². The Morgan fingerprint density at radius 2 is 2.10 bits per heavy atom. The highest BCUT2D eigenvalue weighted by Gasteiger charge is 2.18. The molecule has 0 fully saturated rings. The van der Waals surface area contributed by atoms with Crippen LogP contribution in [0.5, 0.6) is 11.5 Å². The summed E-state index contributed by atoms with van der Waals surface area (Å²) in [5.74, 6) is 0.264. The molecule has 2 rings (SSSR count). The Bertz CT molecular complexity index is 590. The molecule has 0 bridgehead atoms. The van der Waals surface area contributed by atoms with Crippen LogP contribution >= 0.6 is 12.2 Å². The molecule has 0 radical (unpaired) electrons. The molecule has 0 atom stereocenters. The van der Waals surface area contributed by atoms with Gasteiger partial charge in [0.25, 0.3) is 5.91 Å². The van der Waals surface area contributed by atoms with Crippen LogP contribution in [0.25, 0.3) is 0 Å². The van der Waals surface area contributed by atoms with Gasteiger partial charge >= 0.3 is 5.97 Å². The molecule has 1 heterocycles. The molecule has 112 valence electrons. The van der Waals surface area contributed by atoms with Crippen molar-refractivity contribution in [3.05, 3.63) is 23.8 Å². The van der Waals surface area contributed by atoms with E-state index in [0.29, 0.717) is 17.1 Å². The summed E-state index contributed by atoms with van der Waals surface area (Å²) in [4.78, 5) is 24.6. The fourth-order valence-corrected chi connectivity index (χ4v) is 1.79. The summed E-state index contributed by atoms with van der Waals surface area (Å²) < 4.78 is 14.9. The molecular formula is C13H14N2O5S. The molecule has 0 saturated heterocycles. The Kier molecular flexibility index (Phi) is 4.59. The molecule has 0 aliphatic carbocycles. The Morgan fingerprint density at radius 1 is 1.38 bits per heavy atom. The van der Waals surface area contributed by atoms with Crippen LogP contribution in [-0.4, -0.2) is 49.4 Å². The van der Waals surface area contributed by atoms with Crippen molar-refractivity contribution >= 4 is 29.2 Å². The first-order valence-electron chi connectivity index (χ1n) is 6.04. The monoisotopic (exact) mass is 310 g/mol. The van der Waals surface area contributed by atoms with Crippen molar-refractivity contribution in [2.75, 3.05) is 27.5 Å². The van der Waals surface area contributed by atoms with Gasteiger partial charge < -0.3 is 19.1 Å². The van der Waals surface area contributed by atoms with Crippen molar-refractivity contribution in [3.8, 4) is 11.5 Å². The number of amides is 1. The van der Waals surface area contributed by atoms with E-state index in [-0.39, 0.29) is 18.5 Å². The van der Waals surface area contributed by atoms with Crippen molar-refractivity contribution in [1.82, 2.24) is 10.2 Å². The molecule has 1 aromatic carbocycles. The van der Waals surface area contributed by atoms with Gasteiger partial charge in [-0.1, -0.05) is 0 Å². The predicted molar refractivity (Wildman–Crippen MR) is 77.3 cm³/mol. The molecule has 1 aromatic rings. The van der Waals surface area contributed by atoms with Crippen LogP contribution in [0, 0.1) is 0 Å². The van der Waals surface area contributed by atoms with E-state index in [0.717, 1.165) is 0 Å². The van der Waals surface area contributed by atoms with Crippen LogP contribution in [0.15, 0.2) is 18.2 Å². The molecule has 0 spiro atoms. The Balaban J connectivity index is 1.98. The largest absolute Gasteiger partial charge is 0.468 e. The predicted octanol–water partition coefficient (Wildman–Crippen LogP) is 0.535. The third-order valence-corrected chi connectivity index (χ3v) is 3.21. The second-order valence-corrected chi connectivity index (χ2v) is 4.65. The first-order valence-corrected chi connectivity index (χ1v) is 6.45. The van der Waals surface area contributed by atoms with E-state index in [1.807, 2.05) is 0 Å². The molecule has 0 unspecified atom stereocenters. The van der Waals surface area contributed by atoms with Crippen molar-refractivity contribution in [2.45, 2.75) is 0 Å². The molecule has 8 heteroatoms. The van der Waals surface area contributed by atoms with E-state index in [1.165, 1.54) is 12.0 Å². The molecule has 1 N–H and O–H groups in total. The minimum Gasteiger partial charge on any atom is -0.468 e. The number of nitrogens with zero attached hydrogens (tertiary/aromatic N) is 1.